The van der Waals surface area contributed by atoms with E-state index in [1.807, 2.05) is 0 Å². The smallest absolute Gasteiger partial charge is 0.356 e. The van der Waals surface area contributed by atoms with Crippen LogP contribution >= 0.6 is 23.2 Å². The maximum Gasteiger partial charge on any atom is 0.356 e. The van der Waals surface area contributed by atoms with Gasteiger partial charge < -0.3 is 14.4 Å². The van der Waals surface area contributed by atoms with E-state index < -0.39 is 5.97 Å². The lowest BCUT2D eigenvalue weighted by atomic mass is 9.48. The lowest BCUT2D eigenvalue weighted by Crippen LogP contribution is -2.48. The third-order valence-electron chi connectivity index (χ3n) is 7.69. The average Bonchev–Trinajstić information content (AvgIpc) is 3.44. The molecule has 3 heterocycles. The molecule has 188 valence electrons. The minimum atomic E-state index is -1.05. The van der Waals surface area contributed by atoms with Gasteiger partial charge in [0.15, 0.2) is 5.69 Å². The Bertz CT molecular complexity index is 1330. The number of allylic oxidation sites excluding steroid dienone is 1. The Morgan fingerprint density at radius 3 is 2.61 bits per heavy atom. The number of carboxylic acid groups (broad SMARTS) is 1. The molecule has 0 unspecified atom stereocenters. The van der Waals surface area contributed by atoms with Gasteiger partial charge in [0.05, 0.1) is 16.7 Å². The molecule has 36 heavy (non-hydrogen) atoms. The van der Waals surface area contributed by atoms with Crippen molar-refractivity contribution >= 4 is 35.2 Å². The zero-order valence-corrected chi connectivity index (χ0v) is 21.3. The maximum absolute atomic E-state index is 11.1. The highest BCUT2D eigenvalue weighted by Crippen LogP contribution is 2.61. The Morgan fingerprint density at radius 2 is 1.97 bits per heavy atom. The van der Waals surface area contributed by atoms with E-state index in [0.717, 1.165) is 49.8 Å². The number of aromatic carboxylic acids is 1. The van der Waals surface area contributed by atoms with Crippen molar-refractivity contribution in [2.75, 3.05) is 6.61 Å². The van der Waals surface area contributed by atoms with Crippen molar-refractivity contribution < 1.29 is 19.2 Å². The van der Waals surface area contributed by atoms with Crippen LogP contribution in [0, 0.1) is 17.3 Å². The van der Waals surface area contributed by atoms with Gasteiger partial charge in [0.1, 0.15) is 11.5 Å². The van der Waals surface area contributed by atoms with Crippen LogP contribution in [0.3, 0.4) is 0 Å². The van der Waals surface area contributed by atoms with Crippen LogP contribution in [-0.4, -0.2) is 37.6 Å². The van der Waals surface area contributed by atoms with Crippen LogP contribution in [0.25, 0.3) is 17.3 Å². The number of pyridine rings is 1. The van der Waals surface area contributed by atoms with Crippen molar-refractivity contribution in [1.29, 1.82) is 0 Å². The highest BCUT2D eigenvalue weighted by Gasteiger charge is 2.52. The summed E-state index contributed by atoms with van der Waals surface area (Å²) in [6.45, 7) is 0.586. The van der Waals surface area contributed by atoms with E-state index in [4.69, 9.17) is 37.6 Å². The zero-order chi connectivity index (χ0) is 25.0. The maximum atomic E-state index is 11.1. The molecule has 1 spiro atoms. The molecule has 0 radical (unpaired) electrons. The Morgan fingerprint density at radius 1 is 1.25 bits per heavy atom. The molecular formula is C26H26Cl2N4O4. The number of hydrogen-bond acceptors (Lipinski definition) is 6. The largest absolute Gasteiger partial charge is 0.478 e. The van der Waals surface area contributed by atoms with E-state index in [-0.39, 0.29) is 5.69 Å². The van der Waals surface area contributed by atoms with Gasteiger partial charge in [0, 0.05) is 42.6 Å². The minimum Gasteiger partial charge on any atom is -0.478 e. The monoisotopic (exact) mass is 528 g/mol. The van der Waals surface area contributed by atoms with E-state index in [1.165, 1.54) is 10.7 Å². The van der Waals surface area contributed by atoms with Crippen LogP contribution in [0.2, 0.25) is 10.0 Å². The Kier molecular flexibility index (Phi) is 5.84. The van der Waals surface area contributed by atoms with E-state index in [0.29, 0.717) is 57.0 Å². The summed E-state index contributed by atoms with van der Waals surface area (Å²) in [4.78, 5) is 15.1. The minimum absolute atomic E-state index is 0.000461. The fourth-order valence-electron chi connectivity index (χ4n) is 5.86. The van der Waals surface area contributed by atoms with Gasteiger partial charge in [-0.3, -0.25) is 4.98 Å². The summed E-state index contributed by atoms with van der Waals surface area (Å²) in [5, 5.41) is 18.3. The molecule has 6 rings (SSSR count). The van der Waals surface area contributed by atoms with Crippen molar-refractivity contribution in [3.05, 3.63) is 51.6 Å². The molecule has 0 bridgehead atoms. The summed E-state index contributed by atoms with van der Waals surface area (Å²) in [6.07, 6.45) is 14.4. The van der Waals surface area contributed by atoms with Crippen molar-refractivity contribution in [2.45, 2.75) is 44.4 Å². The molecule has 10 heteroatoms. The van der Waals surface area contributed by atoms with Gasteiger partial charge in [0.2, 0.25) is 5.88 Å². The predicted molar refractivity (Wildman–Crippen MR) is 134 cm³/mol. The van der Waals surface area contributed by atoms with Crippen LogP contribution in [0.5, 0.6) is 5.88 Å². The van der Waals surface area contributed by atoms with Crippen LogP contribution < -0.4 is 4.74 Å². The van der Waals surface area contributed by atoms with Crippen molar-refractivity contribution in [3.8, 4) is 17.1 Å². The molecule has 0 atom stereocenters. The first-order valence-corrected chi connectivity index (χ1v) is 12.9. The van der Waals surface area contributed by atoms with E-state index in [2.05, 4.69) is 27.4 Å². The number of carboxylic acids is 1. The third kappa shape index (κ3) is 4.30. The van der Waals surface area contributed by atoms with Gasteiger partial charge in [-0.1, -0.05) is 40.5 Å². The number of rotatable bonds is 8. The van der Waals surface area contributed by atoms with Gasteiger partial charge >= 0.3 is 5.97 Å². The quantitative estimate of drug-likeness (QED) is 0.368. The Hall–Kier alpha value is -2.84. The lowest BCUT2D eigenvalue weighted by Gasteiger charge is -2.57. The molecular weight excluding hydrogens is 503 g/mol. The molecule has 0 saturated heterocycles. The topological polar surface area (TPSA) is 103 Å². The first kappa shape index (κ1) is 23.6. The van der Waals surface area contributed by atoms with Gasteiger partial charge in [-0.05, 0) is 55.8 Å². The average molecular weight is 529 g/mol. The van der Waals surface area contributed by atoms with Crippen LogP contribution in [0.15, 0.2) is 29.1 Å². The molecule has 0 aliphatic heterocycles. The molecule has 3 aromatic heterocycles. The molecule has 3 aliphatic rings. The second-order valence-electron chi connectivity index (χ2n) is 10.5. The number of carbonyl (C=O) groups is 1. The fraction of sp³-hybridized carbons (Fsp3) is 0.462. The molecule has 0 amide bonds. The lowest BCUT2D eigenvalue weighted by molar-refractivity contribution is -0.0665. The summed E-state index contributed by atoms with van der Waals surface area (Å²) in [5.41, 5.74) is 2.72. The first-order valence-electron chi connectivity index (χ1n) is 12.2. The Labute approximate surface area is 218 Å². The molecule has 3 saturated carbocycles. The van der Waals surface area contributed by atoms with Crippen LogP contribution in [0.4, 0.5) is 0 Å². The summed E-state index contributed by atoms with van der Waals surface area (Å²) in [6, 6.07) is 1.47. The molecule has 3 aliphatic carbocycles. The van der Waals surface area contributed by atoms with Gasteiger partial charge in [-0.25, -0.2) is 9.48 Å². The standard InChI is InChI=1S/C26H26Cl2N4O4/c1-32-21(6-20(30-32)25(33)34)35-13-15-9-26(10-15)7-14(8-26)2-5-17-23(31-36-24(17)16-3-4-16)22-18(27)11-29-12-19(22)28/h2,5-6,11-12,14-16H,3-4,7-10,13H2,1H3,(H,33,34)/b5-2+. The second-order valence-corrected chi connectivity index (χ2v) is 11.3. The van der Waals surface area contributed by atoms with Crippen LogP contribution in [-0.2, 0) is 7.05 Å². The highest BCUT2D eigenvalue weighted by atomic mass is 35.5. The van der Waals surface area contributed by atoms with Gasteiger partial charge in [-0.2, -0.15) is 5.10 Å². The summed E-state index contributed by atoms with van der Waals surface area (Å²) < 4.78 is 13.1. The SMILES string of the molecule is Cn1nc(C(=O)O)cc1OCC1CC2(CC(/C=C/c3c(-c4c(Cl)cncc4Cl)noc3C3CC3)C2)C1. The zero-order valence-electron chi connectivity index (χ0n) is 19.8. The first-order chi connectivity index (χ1) is 17.3. The number of halogens is 2. The number of nitrogens with zero attached hydrogens (tertiary/aromatic N) is 4. The van der Waals surface area contributed by atoms with Crippen molar-refractivity contribution in [2.24, 2.45) is 24.3 Å². The number of hydrogen-bond donors (Lipinski definition) is 1. The summed E-state index contributed by atoms with van der Waals surface area (Å²) in [7, 11) is 1.69. The van der Waals surface area contributed by atoms with Crippen molar-refractivity contribution in [1.82, 2.24) is 19.9 Å². The summed E-state index contributed by atoms with van der Waals surface area (Å²) >= 11 is 12.8. The molecule has 8 nitrogen and oxygen atoms in total. The highest BCUT2D eigenvalue weighted by molar-refractivity contribution is 6.39. The van der Waals surface area contributed by atoms with E-state index >= 15 is 0 Å². The number of ether oxygens (including phenoxy) is 1. The molecule has 3 fully saturated rings. The van der Waals surface area contributed by atoms with Gasteiger partial charge in [0.25, 0.3) is 0 Å². The molecule has 1 N–H and O–H groups in total. The van der Waals surface area contributed by atoms with E-state index in [1.54, 1.807) is 19.4 Å². The summed E-state index contributed by atoms with van der Waals surface area (Å²) in [5.74, 6) is 1.78. The molecule has 3 aromatic rings. The number of aryl methyl sites for hydroxylation is 1. The van der Waals surface area contributed by atoms with Crippen LogP contribution in [0.1, 0.15) is 66.3 Å². The molecule has 0 aromatic carbocycles. The third-order valence-corrected chi connectivity index (χ3v) is 8.26. The van der Waals surface area contributed by atoms with E-state index in [9.17, 15) is 4.79 Å². The number of aromatic nitrogens is 4. The predicted octanol–water partition coefficient (Wildman–Crippen LogP) is 6.25. The van der Waals surface area contributed by atoms with Crippen molar-refractivity contribution in [3.63, 3.8) is 0 Å². The normalized spacial score (nSPS) is 25.2. The van der Waals surface area contributed by atoms with Gasteiger partial charge in [-0.15, -0.1) is 0 Å². The second kappa shape index (κ2) is 8.92. The Balaban J connectivity index is 1.07. The fourth-order valence-corrected chi connectivity index (χ4v) is 6.40.